The van der Waals surface area contributed by atoms with E-state index >= 15 is 0 Å². The van der Waals surface area contributed by atoms with Gasteiger partial charge < -0.3 is 19.7 Å². The van der Waals surface area contributed by atoms with Crippen molar-refractivity contribution in [3.05, 3.63) is 53.6 Å². The Morgan fingerprint density at radius 2 is 2.08 bits per heavy atom. The summed E-state index contributed by atoms with van der Waals surface area (Å²) >= 11 is 0. The maximum atomic E-state index is 12.4. The highest BCUT2D eigenvalue weighted by Crippen LogP contribution is 2.31. The molecule has 2 aromatic rings. The van der Waals surface area contributed by atoms with E-state index in [0.717, 1.165) is 5.56 Å². The highest BCUT2D eigenvalue weighted by Gasteiger charge is 2.20. The second kappa shape index (κ2) is 7.25. The quantitative estimate of drug-likeness (QED) is 0.928. The van der Waals surface area contributed by atoms with Gasteiger partial charge in [0.2, 0.25) is 5.91 Å². The zero-order valence-corrected chi connectivity index (χ0v) is 14.2. The van der Waals surface area contributed by atoms with Crippen molar-refractivity contribution in [1.29, 1.82) is 0 Å². The van der Waals surface area contributed by atoms with Crippen LogP contribution in [0.5, 0.6) is 11.5 Å². The molecule has 2 amide bonds. The Kier molecular flexibility index (Phi) is 4.88. The minimum Gasteiger partial charge on any atom is -0.496 e. The molecule has 0 unspecified atom stereocenters. The van der Waals surface area contributed by atoms with Gasteiger partial charge in [0.05, 0.1) is 31.4 Å². The number of methoxy groups -OCH3 is 1. The molecule has 0 saturated heterocycles. The van der Waals surface area contributed by atoms with E-state index < -0.39 is 0 Å². The highest BCUT2D eigenvalue weighted by molar-refractivity contribution is 5.97. The van der Waals surface area contributed by atoms with Gasteiger partial charge in [-0.25, -0.2) is 0 Å². The number of rotatable bonds is 4. The van der Waals surface area contributed by atoms with Crippen molar-refractivity contribution in [3.63, 3.8) is 0 Å². The number of nitrogens with zero attached hydrogens (tertiary/aromatic N) is 1. The molecule has 6 heteroatoms. The van der Waals surface area contributed by atoms with Crippen LogP contribution in [0.15, 0.2) is 42.5 Å². The summed E-state index contributed by atoms with van der Waals surface area (Å²) in [5.74, 6) is 0.996. The van der Waals surface area contributed by atoms with Crippen LogP contribution in [0.25, 0.3) is 0 Å². The highest BCUT2D eigenvalue weighted by atomic mass is 16.5. The van der Waals surface area contributed by atoms with E-state index in [2.05, 4.69) is 5.32 Å². The van der Waals surface area contributed by atoms with Gasteiger partial charge in [-0.1, -0.05) is 18.2 Å². The lowest BCUT2D eigenvalue weighted by Gasteiger charge is -2.17. The summed E-state index contributed by atoms with van der Waals surface area (Å²) in [6, 6.07) is 12.6. The van der Waals surface area contributed by atoms with Gasteiger partial charge in [-0.3, -0.25) is 9.59 Å². The zero-order valence-electron chi connectivity index (χ0n) is 14.2. The first-order valence-corrected chi connectivity index (χ1v) is 8.03. The minimum atomic E-state index is -0.215. The molecule has 6 nitrogen and oxygen atoms in total. The summed E-state index contributed by atoms with van der Waals surface area (Å²) < 4.78 is 10.8. The third kappa shape index (κ3) is 3.57. The van der Waals surface area contributed by atoms with Gasteiger partial charge in [0.1, 0.15) is 11.5 Å². The topological polar surface area (TPSA) is 67.9 Å². The number of nitrogens with one attached hydrogen (secondary N) is 1. The molecule has 130 valence electrons. The minimum absolute atomic E-state index is 0.00829. The molecule has 0 spiro atoms. The molecule has 0 saturated carbocycles. The molecule has 1 aliphatic heterocycles. The molecule has 0 fully saturated rings. The van der Waals surface area contributed by atoms with E-state index in [4.69, 9.17) is 9.47 Å². The molecular weight excluding hydrogens is 320 g/mol. The van der Waals surface area contributed by atoms with E-state index in [-0.39, 0.29) is 11.8 Å². The smallest absolute Gasteiger partial charge is 0.255 e. The largest absolute Gasteiger partial charge is 0.496 e. The number of carbonyl (C=O) groups excluding carboxylic acids is 2. The summed E-state index contributed by atoms with van der Waals surface area (Å²) in [4.78, 5) is 25.9. The molecule has 1 N–H and O–H groups in total. The van der Waals surface area contributed by atoms with Gasteiger partial charge in [0.25, 0.3) is 5.91 Å². The normalized spacial score (nSPS) is 13.5. The van der Waals surface area contributed by atoms with Gasteiger partial charge in [-0.15, -0.1) is 0 Å². The number of anilines is 1. The molecule has 0 aliphatic carbocycles. The average Bonchev–Trinajstić information content (AvgIpc) is 2.78. The van der Waals surface area contributed by atoms with Gasteiger partial charge in [0.15, 0.2) is 0 Å². The third-order valence-electron chi connectivity index (χ3n) is 4.14. The van der Waals surface area contributed by atoms with Crippen LogP contribution in [0.2, 0.25) is 0 Å². The van der Waals surface area contributed by atoms with E-state index in [1.807, 2.05) is 24.3 Å². The summed E-state index contributed by atoms with van der Waals surface area (Å²) in [7, 11) is 3.26. The number of ether oxygens (including phenoxy) is 2. The van der Waals surface area contributed by atoms with Crippen LogP contribution in [0.4, 0.5) is 5.69 Å². The van der Waals surface area contributed by atoms with Gasteiger partial charge in [-0.2, -0.15) is 0 Å². The molecule has 0 aromatic heterocycles. The fourth-order valence-electron chi connectivity index (χ4n) is 2.72. The van der Waals surface area contributed by atoms with Gasteiger partial charge >= 0.3 is 0 Å². The zero-order chi connectivity index (χ0) is 17.8. The lowest BCUT2D eigenvalue weighted by atomic mass is 10.1. The first kappa shape index (κ1) is 16.8. The van der Waals surface area contributed by atoms with E-state index in [0.29, 0.717) is 42.3 Å². The Morgan fingerprint density at radius 3 is 2.88 bits per heavy atom. The fraction of sp³-hybridized carbons (Fsp3) is 0.263. The van der Waals surface area contributed by atoms with Gasteiger partial charge in [-0.05, 0) is 29.8 Å². The molecule has 0 atom stereocenters. The lowest BCUT2D eigenvalue weighted by molar-refractivity contribution is -0.118. The fourth-order valence-corrected chi connectivity index (χ4v) is 2.72. The average molecular weight is 340 g/mol. The predicted molar refractivity (Wildman–Crippen MR) is 94.1 cm³/mol. The number of para-hydroxylation sites is 1. The number of hydrogen-bond acceptors (Lipinski definition) is 4. The van der Waals surface area contributed by atoms with Crippen LogP contribution in [0.3, 0.4) is 0 Å². The molecule has 2 aromatic carbocycles. The number of benzene rings is 2. The van der Waals surface area contributed by atoms with Gasteiger partial charge in [0, 0.05) is 13.6 Å². The van der Waals surface area contributed by atoms with Crippen LogP contribution in [-0.2, 0) is 11.3 Å². The second-order valence-corrected chi connectivity index (χ2v) is 5.74. The summed E-state index contributed by atoms with van der Waals surface area (Å²) in [5, 5.41) is 2.88. The van der Waals surface area contributed by atoms with Crippen molar-refractivity contribution in [2.75, 3.05) is 25.7 Å². The van der Waals surface area contributed by atoms with Crippen LogP contribution in [0.1, 0.15) is 22.3 Å². The Morgan fingerprint density at radius 1 is 1.28 bits per heavy atom. The standard InChI is InChI=1S/C19H20N2O4/c1-21-15-11-13(7-8-17(15)25-10-9-18(21)22)12-20-19(23)14-5-3-4-6-16(14)24-2/h3-8,11H,9-10,12H2,1-2H3,(H,20,23). The number of amides is 2. The lowest BCUT2D eigenvalue weighted by Crippen LogP contribution is -2.26. The maximum absolute atomic E-state index is 12.4. The van der Waals surface area contributed by atoms with Crippen LogP contribution in [0, 0.1) is 0 Å². The Balaban J connectivity index is 1.75. The van der Waals surface area contributed by atoms with Crippen LogP contribution < -0.4 is 19.7 Å². The Labute approximate surface area is 146 Å². The van der Waals surface area contributed by atoms with Crippen molar-refractivity contribution >= 4 is 17.5 Å². The summed E-state index contributed by atoms with van der Waals surface area (Å²) in [6.45, 7) is 0.715. The van der Waals surface area contributed by atoms with Crippen molar-refractivity contribution < 1.29 is 19.1 Å². The first-order valence-electron chi connectivity index (χ1n) is 8.03. The Hall–Kier alpha value is -3.02. The van der Waals surface area contributed by atoms with E-state index in [1.54, 1.807) is 30.1 Å². The maximum Gasteiger partial charge on any atom is 0.255 e. The second-order valence-electron chi connectivity index (χ2n) is 5.74. The molecular formula is C19H20N2O4. The van der Waals surface area contributed by atoms with Crippen LogP contribution >= 0.6 is 0 Å². The Bertz CT molecular complexity index is 804. The van der Waals surface area contributed by atoms with Crippen molar-refractivity contribution in [3.8, 4) is 11.5 Å². The number of hydrogen-bond donors (Lipinski definition) is 1. The van der Waals surface area contributed by atoms with Crippen molar-refractivity contribution in [2.45, 2.75) is 13.0 Å². The van der Waals surface area contributed by atoms with Crippen molar-refractivity contribution in [2.24, 2.45) is 0 Å². The number of fused-ring (bicyclic) bond motifs is 1. The third-order valence-corrected chi connectivity index (χ3v) is 4.14. The SMILES string of the molecule is COc1ccccc1C(=O)NCc1ccc2c(c1)N(C)C(=O)CCO2. The monoisotopic (exact) mass is 340 g/mol. The first-order chi connectivity index (χ1) is 12.1. The molecule has 1 aliphatic rings. The van der Waals surface area contributed by atoms with E-state index in [9.17, 15) is 9.59 Å². The molecule has 0 bridgehead atoms. The summed E-state index contributed by atoms with van der Waals surface area (Å²) in [5.41, 5.74) is 2.08. The van der Waals surface area contributed by atoms with E-state index in [1.165, 1.54) is 7.11 Å². The number of carbonyl (C=O) groups is 2. The summed E-state index contributed by atoms with van der Waals surface area (Å²) in [6.07, 6.45) is 0.352. The molecule has 25 heavy (non-hydrogen) atoms. The molecule has 3 rings (SSSR count). The molecule has 1 heterocycles. The van der Waals surface area contributed by atoms with Crippen LogP contribution in [-0.4, -0.2) is 32.6 Å². The molecule has 0 radical (unpaired) electrons. The predicted octanol–water partition coefficient (Wildman–Crippen LogP) is 2.37. The van der Waals surface area contributed by atoms with Crippen molar-refractivity contribution in [1.82, 2.24) is 5.32 Å².